The first-order chi connectivity index (χ1) is 13.0. The number of carbonyl (C=O) groups is 1. The molecule has 0 fully saturated rings. The molecule has 0 saturated carbocycles. The highest BCUT2D eigenvalue weighted by Crippen LogP contribution is 2.21. The Labute approximate surface area is 177 Å². The van der Waals surface area contributed by atoms with Crippen LogP contribution in [0.15, 0.2) is 48.7 Å². The third-order valence-electron chi connectivity index (χ3n) is 4.67. The lowest BCUT2D eigenvalue weighted by atomic mass is 10.1. The van der Waals surface area contributed by atoms with Crippen LogP contribution in [-0.4, -0.2) is 43.0 Å². The predicted molar refractivity (Wildman–Crippen MR) is 120 cm³/mol. The molecule has 0 bridgehead atoms. The van der Waals surface area contributed by atoms with Gasteiger partial charge in [0.25, 0.3) is 0 Å². The van der Waals surface area contributed by atoms with Crippen molar-refractivity contribution in [3.63, 3.8) is 0 Å². The number of benzene rings is 2. The van der Waals surface area contributed by atoms with Crippen molar-refractivity contribution in [2.45, 2.75) is 19.3 Å². The van der Waals surface area contributed by atoms with E-state index in [9.17, 15) is 4.79 Å². The largest absolute Gasteiger partial charge is 0.361 e. The topological polar surface area (TPSA) is 48.1 Å². The van der Waals surface area contributed by atoms with E-state index in [-0.39, 0.29) is 18.3 Å². The van der Waals surface area contributed by atoms with E-state index in [0.717, 1.165) is 24.9 Å². The second-order valence-corrected chi connectivity index (χ2v) is 7.59. The van der Waals surface area contributed by atoms with Gasteiger partial charge in [-0.25, -0.2) is 0 Å². The summed E-state index contributed by atoms with van der Waals surface area (Å²) >= 11 is 5.87. The SMILES string of the molecule is CN(C)CCc1c[nH]c2ccc(CCNC(=O)Cc3ccc(Cl)cc3)cc12.Cl. The number of hydrogen-bond acceptors (Lipinski definition) is 2. The first kappa shape index (κ1) is 22.3. The summed E-state index contributed by atoms with van der Waals surface area (Å²) in [6.07, 6.45) is 4.32. The standard InChI is InChI=1S/C22H26ClN3O.ClH/c1-26(2)12-10-18-15-25-21-8-5-17(13-20(18)21)9-11-24-22(27)14-16-3-6-19(23)7-4-16;/h3-8,13,15,25H,9-12,14H2,1-2H3,(H,24,27);1H. The number of H-pyrrole nitrogens is 1. The minimum atomic E-state index is 0. The van der Waals surface area contributed by atoms with Crippen molar-refractivity contribution < 1.29 is 4.79 Å². The van der Waals surface area contributed by atoms with E-state index < -0.39 is 0 Å². The lowest BCUT2D eigenvalue weighted by molar-refractivity contribution is -0.120. The lowest BCUT2D eigenvalue weighted by Gasteiger charge is -2.09. The van der Waals surface area contributed by atoms with Crippen LogP contribution < -0.4 is 5.32 Å². The maximum atomic E-state index is 12.1. The first-order valence-electron chi connectivity index (χ1n) is 9.26. The number of likely N-dealkylation sites (N-methyl/N-ethyl adjacent to an activating group) is 1. The Kier molecular flexibility index (Phi) is 8.36. The molecule has 0 radical (unpaired) electrons. The normalized spacial score (nSPS) is 10.9. The fraction of sp³-hybridized carbons (Fsp3) is 0.318. The molecular formula is C22H27Cl2N3O. The predicted octanol–water partition coefficient (Wildman–Crippen LogP) is 4.25. The molecule has 0 aliphatic carbocycles. The minimum Gasteiger partial charge on any atom is -0.361 e. The Bertz CT molecular complexity index is 904. The second-order valence-electron chi connectivity index (χ2n) is 7.15. The van der Waals surface area contributed by atoms with E-state index in [4.69, 9.17) is 11.6 Å². The summed E-state index contributed by atoms with van der Waals surface area (Å²) in [5.74, 6) is 0.0340. The Hall–Kier alpha value is -2.01. The number of hydrogen-bond donors (Lipinski definition) is 2. The highest BCUT2D eigenvalue weighted by atomic mass is 35.5. The van der Waals surface area contributed by atoms with E-state index in [1.165, 1.54) is 22.0 Å². The van der Waals surface area contributed by atoms with E-state index in [1.807, 2.05) is 24.3 Å². The van der Waals surface area contributed by atoms with Gasteiger partial charge >= 0.3 is 0 Å². The van der Waals surface area contributed by atoms with Crippen molar-refractivity contribution in [3.8, 4) is 0 Å². The zero-order valence-electron chi connectivity index (χ0n) is 16.3. The molecule has 3 rings (SSSR count). The number of fused-ring (bicyclic) bond motifs is 1. The highest BCUT2D eigenvalue weighted by molar-refractivity contribution is 6.30. The molecule has 1 heterocycles. The third kappa shape index (κ3) is 6.26. The molecule has 28 heavy (non-hydrogen) atoms. The number of aromatic nitrogens is 1. The summed E-state index contributed by atoms with van der Waals surface area (Å²) in [4.78, 5) is 17.6. The van der Waals surface area contributed by atoms with Gasteiger partial charge in [-0.15, -0.1) is 12.4 Å². The summed E-state index contributed by atoms with van der Waals surface area (Å²) < 4.78 is 0. The van der Waals surface area contributed by atoms with Crippen LogP contribution in [0.2, 0.25) is 5.02 Å². The summed E-state index contributed by atoms with van der Waals surface area (Å²) in [5.41, 5.74) is 4.71. The average molecular weight is 420 g/mol. The van der Waals surface area contributed by atoms with Crippen molar-refractivity contribution in [3.05, 3.63) is 70.4 Å². The average Bonchev–Trinajstić information content (AvgIpc) is 3.04. The minimum absolute atomic E-state index is 0. The van der Waals surface area contributed by atoms with Crippen LogP contribution in [-0.2, 0) is 24.1 Å². The molecule has 1 amide bonds. The molecule has 2 N–H and O–H groups in total. The Balaban J connectivity index is 0.00000280. The van der Waals surface area contributed by atoms with Crippen LogP contribution in [0.3, 0.4) is 0 Å². The number of aromatic amines is 1. The van der Waals surface area contributed by atoms with E-state index >= 15 is 0 Å². The van der Waals surface area contributed by atoms with Crippen LogP contribution in [0.5, 0.6) is 0 Å². The van der Waals surface area contributed by atoms with E-state index in [0.29, 0.717) is 18.0 Å². The van der Waals surface area contributed by atoms with E-state index in [2.05, 4.69) is 53.7 Å². The number of nitrogens with zero attached hydrogens (tertiary/aromatic N) is 1. The van der Waals surface area contributed by atoms with Gasteiger partial charge in [-0.1, -0.05) is 29.8 Å². The summed E-state index contributed by atoms with van der Waals surface area (Å²) in [6.45, 7) is 1.66. The molecule has 0 atom stereocenters. The van der Waals surface area contributed by atoms with Gasteiger partial charge in [0.1, 0.15) is 0 Å². The monoisotopic (exact) mass is 419 g/mol. The Morgan fingerprint density at radius 3 is 2.50 bits per heavy atom. The molecule has 0 spiro atoms. The zero-order valence-corrected chi connectivity index (χ0v) is 17.9. The zero-order chi connectivity index (χ0) is 19.2. The van der Waals surface area contributed by atoms with Gasteiger partial charge in [0.15, 0.2) is 0 Å². The van der Waals surface area contributed by atoms with Crippen LogP contribution in [0, 0.1) is 0 Å². The fourth-order valence-corrected chi connectivity index (χ4v) is 3.25. The quantitative estimate of drug-likeness (QED) is 0.573. The molecule has 0 unspecified atom stereocenters. The maximum Gasteiger partial charge on any atom is 0.224 e. The summed E-state index contributed by atoms with van der Waals surface area (Å²) in [6, 6.07) is 13.9. The van der Waals surface area contributed by atoms with Gasteiger partial charge in [0.2, 0.25) is 5.91 Å². The van der Waals surface area contributed by atoms with Gasteiger partial charge in [-0.3, -0.25) is 4.79 Å². The molecule has 3 aromatic rings. The van der Waals surface area contributed by atoms with Crippen molar-refractivity contribution in [2.75, 3.05) is 27.2 Å². The summed E-state index contributed by atoms with van der Waals surface area (Å²) in [7, 11) is 4.18. The number of amides is 1. The Morgan fingerprint density at radius 1 is 1.07 bits per heavy atom. The van der Waals surface area contributed by atoms with Crippen LogP contribution in [0.4, 0.5) is 0 Å². The maximum absolute atomic E-state index is 12.1. The fourth-order valence-electron chi connectivity index (χ4n) is 3.13. The molecule has 0 aliphatic rings. The molecule has 0 aliphatic heterocycles. The van der Waals surface area contributed by atoms with Crippen LogP contribution in [0.25, 0.3) is 10.9 Å². The molecule has 150 valence electrons. The smallest absolute Gasteiger partial charge is 0.224 e. The van der Waals surface area contributed by atoms with Crippen LogP contribution >= 0.6 is 24.0 Å². The molecule has 2 aromatic carbocycles. The first-order valence-corrected chi connectivity index (χ1v) is 9.64. The summed E-state index contributed by atoms with van der Waals surface area (Å²) in [5, 5.41) is 4.97. The van der Waals surface area contributed by atoms with Gasteiger partial charge in [0.05, 0.1) is 6.42 Å². The third-order valence-corrected chi connectivity index (χ3v) is 4.93. The van der Waals surface area contributed by atoms with Crippen molar-refractivity contribution in [1.29, 1.82) is 0 Å². The van der Waals surface area contributed by atoms with Gasteiger partial charge in [-0.2, -0.15) is 0 Å². The second kappa shape index (κ2) is 10.5. The lowest BCUT2D eigenvalue weighted by Crippen LogP contribution is -2.27. The number of halogens is 2. The molecule has 4 nitrogen and oxygen atoms in total. The van der Waals surface area contributed by atoms with E-state index in [1.54, 1.807) is 0 Å². The van der Waals surface area contributed by atoms with Crippen LogP contribution in [0.1, 0.15) is 16.7 Å². The molecule has 6 heteroatoms. The van der Waals surface area contributed by atoms with Crippen molar-refractivity contribution >= 4 is 40.8 Å². The molecule has 1 aromatic heterocycles. The van der Waals surface area contributed by atoms with Crippen molar-refractivity contribution in [1.82, 2.24) is 15.2 Å². The van der Waals surface area contributed by atoms with Crippen molar-refractivity contribution in [2.24, 2.45) is 0 Å². The molecular weight excluding hydrogens is 393 g/mol. The number of nitrogens with one attached hydrogen (secondary N) is 2. The van der Waals surface area contributed by atoms with Gasteiger partial charge < -0.3 is 15.2 Å². The van der Waals surface area contributed by atoms with Gasteiger partial charge in [-0.05, 0) is 67.9 Å². The molecule has 0 saturated heterocycles. The highest BCUT2D eigenvalue weighted by Gasteiger charge is 2.07. The van der Waals surface area contributed by atoms with Gasteiger partial charge in [0, 0.05) is 35.2 Å². The number of rotatable bonds is 8. The Morgan fingerprint density at radius 2 is 1.79 bits per heavy atom. The number of carbonyl (C=O) groups excluding carboxylic acids is 1.